The summed E-state index contributed by atoms with van der Waals surface area (Å²) < 4.78 is 17.1. The standard InChI is InChI=1S/C11H21ClO3Si/c1-13-16(14-2,15-3)11-5-4-9(6-11)10(7-11)8-12/h9-10H,4-8H2,1-3H3. The largest absolute Gasteiger partial charge is 0.506 e. The molecule has 16 heavy (non-hydrogen) atoms. The Morgan fingerprint density at radius 1 is 1.19 bits per heavy atom. The first-order valence-corrected chi connectivity index (χ1v) is 8.14. The summed E-state index contributed by atoms with van der Waals surface area (Å²) in [6, 6.07) is 0. The van der Waals surface area contributed by atoms with E-state index in [4.69, 9.17) is 24.9 Å². The van der Waals surface area contributed by atoms with Crippen LogP contribution < -0.4 is 0 Å². The fourth-order valence-corrected chi connectivity index (χ4v) is 7.54. The van der Waals surface area contributed by atoms with E-state index in [1.165, 1.54) is 19.3 Å². The van der Waals surface area contributed by atoms with Crippen molar-refractivity contribution < 1.29 is 13.3 Å². The Hall–Kier alpha value is 0.387. The molecule has 0 aromatic heterocycles. The Kier molecular flexibility index (Phi) is 3.67. The summed E-state index contributed by atoms with van der Waals surface area (Å²) in [6.07, 6.45) is 4.71. The lowest BCUT2D eigenvalue weighted by atomic mass is 9.90. The molecule has 0 saturated heterocycles. The molecule has 2 aliphatic rings. The summed E-state index contributed by atoms with van der Waals surface area (Å²) in [6.45, 7) is 0. The highest BCUT2D eigenvalue weighted by molar-refractivity contribution is 6.64. The molecule has 0 aromatic carbocycles. The van der Waals surface area contributed by atoms with E-state index in [2.05, 4.69) is 0 Å². The number of alkyl halides is 1. The molecule has 0 aliphatic heterocycles. The van der Waals surface area contributed by atoms with Crippen molar-refractivity contribution in [2.45, 2.75) is 30.7 Å². The molecule has 0 N–H and O–H groups in total. The number of hydrogen-bond donors (Lipinski definition) is 0. The molecule has 2 fully saturated rings. The van der Waals surface area contributed by atoms with Crippen molar-refractivity contribution in [3.63, 3.8) is 0 Å². The van der Waals surface area contributed by atoms with Crippen LogP contribution >= 0.6 is 11.6 Å². The van der Waals surface area contributed by atoms with E-state index < -0.39 is 8.80 Å². The van der Waals surface area contributed by atoms with Crippen LogP contribution in [0.3, 0.4) is 0 Å². The molecule has 2 bridgehead atoms. The van der Waals surface area contributed by atoms with E-state index in [9.17, 15) is 0 Å². The molecule has 0 amide bonds. The summed E-state index contributed by atoms with van der Waals surface area (Å²) >= 11 is 6.04. The van der Waals surface area contributed by atoms with Crippen LogP contribution in [0.1, 0.15) is 25.7 Å². The molecular weight excluding hydrogens is 244 g/mol. The molecule has 5 heteroatoms. The predicted molar refractivity (Wildman–Crippen MR) is 65.6 cm³/mol. The van der Waals surface area contributed by atoms with Gasteiger partial charge in [0.2, 0.25) is 0 Å². The van der Waals surface area contributed by atoms with Gasteiger partial charge in [-0.05, 0) is 37.5 Å². The highest BCUT2D eigenvalue weighted by Gasteiger charge is 2.66. The van der Waals surface area contributed by atoms with Gasteiger partial charge in [0, 0.05) is 32.2 Å². The fourth-order valence-electron chi connectivity index (χ4n) is 3.91. The topological polar surface area (TPSA) is 27.7 Å². The van der Waals surface area contributed by atoms with Crippen molar-refractivity contribution in [1.29, 1.82) is 0 Å². The van der Waals surface area contributed by atoms with Gasteiger partial charge in [-0.25, -0.2) is 0 Å². The molecule has 0 heterocycles. The number of rotatable bonds is 5. The Bertz CT molecular complexity index is 251. The van der Waals surface area contributed by atoms with Crippen LogP contribution in [0.25, 0.3) is 0 Å². The number of hydrogen-bond acceptors (Lipinski definition) is 3. The summed E-state index contributed by atoms with van der Waals surface area (Å²) in [5.74, 6) is 2.14. The minimum Gasteiger partial charge on any atom is -0.377 e. The maximum Gasteiger partial charge on any atom is 0.506 e. The van der Waals surface area contributed by atoms with Crippen LogP contribution in [-0.4, -0.2) is 36.0 Å². The van der Waals surface area contributed by atoms with E-state index in [1.54, 1.807) is 21.3 Å². The quantitative estimate of drug-likeness (QED) is 0.564. The van der Waals surface area contributed by atoms with E-state index >= 15 is 0 Å². The molecule has 0 radical (unpaired) electrons. The zero-order chi connectivity index (χ0) is 11.8. The van der Waals surface area contributed by atoms with Crippen LogP contribution in [0.2, 0.25) is 5.04 Å². The maximum atomic E-state index is 6.04. The third-order valence-corrected chi connectivity index (χ3v) is 8.59. The summed E-state index contributed by atoms with van der Waals surface area (Å²) in [5.41, 5.74) is 0. The van der Waals surface area contributed by atoms with Gasteiger partial charge in [-0.1, -0.05) is 0 Å². The molecule has 0 spiro atoms. The second-order valence-electron chi connectivity index (χ2n) is 5.07. The second kappa shape index (κ2) is 4.57. The summed E-state index contributed by atoms with van der Waals surface area (Å²) in [7, 11) is 2.64. The van der Waals surface area contributed by atoms with Crippen LogP contribution in [0.5, 0.6) is 0 Å². The van der Waals surface area contributed by atoms with Crippen LogP contribution in [-0.2, 0) is 13.3 Å². The van der Waals surface area contributed by atoms with E-state index in [0.717, 1.165) is 18.2 Å². The first-order chi connectivity index (χ1) is 7.67. The van der Waals surface area contributed by atoms with Gasteiger partial charge in [-0.2, -0.15) is 0 Å². The molecule has 94 valence electrons. The average molecular weight is 265 g/mol. The zero-order valence-electron chi connectivity index (χ0n) is 10.3. The van der Waals surface area contributed by atoms with Gasteiger partial charge in [0.05, 0.1) is 0 Å². The van der Waals surface area contributed by atoms with Gasteiger partial charge in [-0.15, -0.1) is 11.6 Å². The van der Waals surface area contributed by atoms with Gasteiger partial charge in [0.25, 0.3) is 0 Å². The van der Waals surface area contributed by atoms with Crippen LogP contribution in [0.4, 0.5) is 0 Å². The summed E-state index contributed by atoms with van der Waals surface area (Å²) in [5, 5.41) is 0.134. The minimum atomic E-state index is -2.51. The monoisotopic (exact) mass is 264 g/mol. The lowest BCUT2D eigenvalue weighted by Gasteiger charge is -2.40. The van der Waals surface area contributed by atoms with E-state index in [-0.39, 0.29) is 5.04 Å². The highest BCUT2D eigenvalue weighted by Crippen LogP contribution is 2.66. The molecule has 3 atom stereocenters. The predicted octanol–water partition coefficient (Wildman–Crippen LogP) is 2.66. The zero-order valence-corrected chi connectivity index (χ0v) is 12.0. The van der Waals surface area contributed by atoms with Crippen molar-refractivity contribution in [2.24, 2.45) is 11.8 Å². The second-order valence-corrected chi connectivity index (χ2v) is 8.78. The van der Waals surface area contributed by atoms with Gasteiger partial charge in [0.15, 0.2) is 0 Å². The van der Waals surface area contributed by atoms with Crippen molar-refractivity contribution in [2.75, 3.05) is 27.2 Å². The SMILES string of the molecule is CO[Si](OC)(OC)C12CCC(C1)C(CCl)C2. The first-order valence-electron chi connectivity index (χ1n) is 5.88. The van der Waals surface area contributed by atoms with Crippen molar-refractivity contribution in [3.05, 3.63) is 0 Å². The molecular formula is C11H21ClO3Si. The molecule has 3 unspecified atom stereocenters. The van der Waals surface area contributed by atoms with Gasteiger partial charge < -0.3 is 13.3 Å². The third-order valence-electron chi connectivity index (χ3n) is 4.62. The van der Waals surface area contributed by atoms with Crippen LogP contribution in [0.15, 0.2) is 0 Å². The minimum absolute atomic E-state index is 0.134. The molecule has 2 rings (SSSR count). The lowest BCUT2D eigenvalue weighted by Crippen LogP contribution is -2.53. The normalized spacial score (nSPS) is 38.2. The maximum absolute atomic E-state index is 6.04. The van der Waals surface area contributed by atoms with E-state index in [0.29, 0.717) is 5.92 Å². The van der Waals surface area contributed by atoms with E-state index in [1.807, 2.05) is 0 Å². The molecule has 2 saturated carbocycles. The molecule has 2 aliphatic carbocycles. The Morgan fingerprint density at radius 3 is 2.25 bits per heavy atom. The average Bonchev–Trinajstić information content (AvgIpc) is 2.90. The Morgan fingerprint density at radius 2 is 1.81 bits per heavy atom. The lowest BCUT2D eigenvalue weighted by molar-refractivity contribution is 0.0872. The molecule has 0 aromatic rings. The fraction of sp³-hybridized carbons (Fsp3) is 1.00. The van der Waals surface area contributed by atoms with Gasteiger partial charge >= 0.3 is 8.80 Å². The van der Waals surface area contributed by atoms with Crippen LogP contribution in [0, 0.1) is 11.8 Å². The summed E-state index contributed by atoms with van der Waals surface area (Å²) in [4.78, 5) is 0. The van der Waals surface area contributed by atoms with Crippen molar-refractivity contribution in [3.8, 4) is 0 Å². The number of halogens is 1. The first kappa shape index (κ1) is 12.8. The van der Waals surface area contributed by atoms with Crippen molar-refractivity contribution in [1.82, 2.24) is 0 Å². The van der Waals surface area contributed by atoms with Gasteiger partial charge in [-0.3, -0.25) is 0 Å². The Labute approximate surface area is 104 Å². The Balaban J connectivity index is 2.25. The third kappa shape index (κ3) is 1.58. The van der Waals surface area contributed by atoms with Gasteiger partial charge in [0.1, 0.15) is 0 Å². The molecule has 3 nitrogen and oxygen atoms in total. The van der Waals surface area contributed by atoms with Crippen molar-refractivity contribution >= 4 is 20.4 Å². The smallest absolute Gasteiger partial charge is 0.377 e. The number of fused-ring (bicyclic) bond motifs is 2. The highest BCUT2D eigenvalue weighted by atomic mass is 35.5.